The van der Waals surface area contributed by atoms with Gasteiger partial charge < -0.3 is 0 Å². The second kappa shape index (κ2) is 5.60. The normalized spacial score (nSPS) is 11.6. The van der Waals surface area contributed by atoms with Gasteiger partial charge in [-0.25, -0.2) is 18.1 Å². The summed E-state index contributed by atoms with van der Waals surface area (Å²) in [4.78, 5) is 4.03. The zero-order valence-electron chi connectivity index (χ0n) is 9.96. The van der Waals surface area contributed by atoms with Crippen LogP contribution in [0, 0.1) is 6.92 Å². The van der Waals surface area contributed by atoms with Crippen molar-refractivity contribution < 1.29 is 8.42 Å². The first-order valence-electron chi connectivity index (χ1n) is 5.46. The quantitative estimate of drug-likeness (QED) is 0.913. The van der Waals surface area contributed by atoms with E-state index in [1.165, 1.54) is 11.3 Å². The summed E-state index contributed by atoms with van der Waals surface area (Å²) in [5.74, 6) is 0.0000548. The Labute approximate surface area is 111 Å². The SMILES string of the molecule is Cc1cccc(CS(=O)(=O)NCc2nccs2)c1. The maximum absolute atomic E-state index is 11.9. The highest BCUT2D eigenvalue weighted by Gasteiger charge is 2.11. The zero-order valence-corrected chi connectivity index (χ0v) is 11.6. The van der Waals surface area contributed by atoms with Crippen molar-refractivity contribution in [3.05, 3.63) is 52.0 Å². The Balaban J connectivity index is 1.99. The first-order chi connectivity index (χ1) is 8.55. The predicted molar refractivity (Wildman–Crippen MR) is 72.8 cm³/mol. The largest absolute Gasteiger partial charge is 0.248 e. The van der Waals surface area contributed by atoms with E-state index in [1.54, 1.807) is 6.20 Å². The van der Waals surface area contributed by atoms with E-state index in [9.17, 15) is 8.42 Å². The van der Waals surface area contributed by atoms with Crippen LogP contribution in [0.4, 0.5) is 0 Å². The number of nitrogens with one attached hydrogen (secondary N) is 1. The van der Waals surface area contributed by atoms with E-state index in [4.69, 9.17) is 0 Å². The Hall–Kier alpha value is -1.24. The number of benzene rings is 1. The summed E-state index contributed by atoms with van der Waals surface area (Å²) < 4.78 is 26.3. The molecule has 0 amide bonds. The van der Waals surface area contributed by atoms with Gasteiger partial charge in [-0.3, -0.25) is 0 Å². The van der Waals surface area contributed by atoms with Crippen LogP contribution in [-0.4, -0.2) is 13.4 Å². The van der Waals surface area contributed by atoms with Crippen LogP contribution in [0.5, 0.6) is 0 Å². The molecule has 1 heterocycles. The monoisotopic (exact) mass is 282 g/mol. The molecule has 0 aliphatic carbocycles. The van der Waals surface area contributed by atoms with Gasteiger partial charge in [0.15, 0.2) is 0 Å². The van der Waals surface area contributed by atoms with Crippen molar-refractivity contribution in [1.29, 1.82) is 0 Å². The second-order valence-corrected chi connectivity index (χ2v) is 6.78. The van der Waals surface area contributed by atoms with Crippen molar-refractivity contribution in [2.24, 2.45) is 0 Å². The highest BCUT2D eigenvalue weighted by atomic mass is 32.2. The van der Waals surface area contributed by atoms with Crippen molar-refractivity contribution >= 4 is 21.4 Å². The Bertz CT molecular complexity index is 607. The van der Waals surface area contributed by atoms with Crippen molar-refractivity contribution in [3.63, 3.8) is 0 Å². The Kier molecular flexibility index (Phi) is 4.11. The molecule has 0 spiro atoms. The third-order valence-electron chi connectivity index (χ3n) is 2.37. The van der Waals surface area contributed by atoms with Crippen LogP contribution in [0.15, 0.2) is 35.8 Å². The van der Waals surface area contributed by atoms with E-state index in [0.717, 1.165) is 16.1 Å². The average Bonchev–Trinajstić information content (AvgIpc) is 2.78. The molecule has 4 nitrogen and oxygen atoms in total. The molecule has 1 aromatic heterocycles. The molecule has 2 aromatic rings. The molecule has 18 heavy (non-hydrogen) atoms. The summed E-state index contributed by atoms with van der Waals surface area (Å²) in [6.07, 6.45) is 1.66. The number of aryl methyl sites for hydroxylation is 1. The first kappa shape index (κ1) is 13.2. The van der Waals surface area contributed by atoms with E-state index in [0.29, 0.717) is 0 Å². The molecular weight excluding hydrogens is 268 g/mol. The fourth-order valence-corrected chi connectivity index (χ4v) is 3.31. The van der Waals surface area contributed by atoms with Crippen LogP contribution < -0.4 is 4.72 Å². The number of hydrogen-bond donors (Lipinski definition) is 1. The molecule has 1 aromatic carbocycles. The molecule has 0 saturated heterocycles. The highest BCUT2D eigenvalue weighted by Crippen LogP contribution is 2.09. The van der Waals surface area contributed by atoms with E-state index >= 15 is 0 Å². The summed E-state index contributed by atoms with van der Waals surface area (Å²) in [5, 5.41) is 2.59. The van der Waals surface area contributed by atoms with Crippen LogP contribution >= 0.6 is 11.3 Å². The molecule has 0 atom stereocenters. The lowest BCUT2D eigenvalue weighted by Gasteiger charge is -2.06. The molecule has 0 aliphatic rings. The smallest absolute Gasteiger partial charge is 0.216 e. The van der Waals surface area contributed by atoms with E-state index in [2.05, 4.69) is 9.71 Å². The molecule has 0 unspecified atom stereocenters. The van der Waals surface area contributed by atoms with Gasteiger partial charge in [0.2, 0.25) is 10.0 Å². The predicted octanol–water partition coefficient (Wildman–Crippen LogP) is 2.07. The van der Waals surface area contributed by atoms with Gasteiger partial charge in [0, 0.05) is 11.6 Å². The number of rotatable bonds is 5. The maximum Gasteiger partial charge on any atom is 0.216 e. The van der Waals surface area contributed by atoms with Crippen LogP contribution in [0.2, 0.25) is 0 Å². The zero-order chi connectivity index (χ0) is 13.0. The van der Waals surface area contributed by atoms with Gasteiger partial charge >= 0.3 is 0 Å². The van der Waals surface area contributed by atoms with Gasteiger partial charge in [0.05, 0.1) is 12.3 Å². The molecule has 0 fully saturated rings. The molecule has 0 bridgehead atoms. The third kappa shape index (κ3) is 3.90. The molecular formula is C12H14N2O2S2. The van der Waals surface area contributed by atoms with Gasteiger partial charge in [0.25, 0.3) is 0 Å². The lowest BCUT2D eigenvalue weighted by Crippen LogP contribution is -2.24. The number of sulfonamides is 1. The summed E-state index contributed by atoms with van der Waals surface area (Å²) >= 11 is 1.43. The molecule has 0 radical (unpaired) electrons. The van der Waals surface area contributed by atoms with Crippen LogP contribution in [0.25, 0.3) is 0 Å². The number of nitrogens with zero attached hydrogens (tertiary/aromatic N) is 1. The van der Waals surface area contributed by atoms with E-state index < -0.39 is 10.0 Å². The number of aromatic nitrogens is 1. The van der Waals surface area contributed by atoms with Crippen molar-refractivity contribution in [2.75, 3.05) is 0 Å². The highest BCUT2D eigenvalue weighted by molar-refractivity contribution is 7.88. The van der Waals surface area contributed by atoms with Crippen LogP contribution in [0.3, 0.4) is 0 Å². The van der Waals surface area contributed by atoms with E-state index in [1.807, 2.05) is 36.6 Å². The van der Waals surface area contributed by atoms with Gasteiger partial charge in [-0.05, 0) is 12.5 Å². The minimum absolute atomic E-state index is 0.0000548. The number of hydrogen-bond acceptors (Lipinski definition) is 4. The molecule has 0 aliphatic heterocycles. The minimum Gasteiger partial charge on any atom is -0.248 e. The summed E-state index contributed by atoms with van der Waals surface area (Å²) in [5.41, 5.74) is 1.85. The second-order valence-electron chi connectivity index (χ2n) is 4.00. The lowest BCUT2D eigenvalue weighted by atomic mass is 10.2. The van der Waals surface area contributed by atoms with Gasteiger partial charge in [-0.2, -0.15) is 0 Å². The maximum atomic E-state index is 11.9. The summed E-state index contributed by atoms with van der Waals surface area (Å²) in [7, 11) is -3.31. The fraction of sp³-hybridized carbons (Fsp3) is 0.250. The van der Waals surface area contributed by atoms with Gasteiger partial charge in [0.1, 0.15) is 5.01 Å². The van der Waals surface area contributed by atoms with Crippen LogP contribution in [-0.2, 0) is 22.3 Å². The lowest BCUT2D eigenvalue weighted by molar-refractivity contribution is 0.580. The standard InChI is InChI=1S/C12H14N2O2S2/c1-10-3-2-4-11(7-10)9-18(15,16)14-8-12-13-5-6-17-12/h2-7,14H,8-9H2,1H3. The molecule has 6 heteroatoms. The van der Waals surface area contributed by atoms with Gasteiger partial charge in [-0.1, -0.05) is 29.8 Å². The summed E-state index contributed by atoms with van der Waals surface area (Å²) in [6, 6.07) is 7.50. The first-order valence-corrected chi connectivity index (χ1v) is 8.00. The molecule has 2 rings (SSSR count). The van der Waals surface area contributed by atoms with Crippen molar-refractivity contribution in [2.45, 2.75) is 19.2 Å². The Morgan fingerprint density at radius 3 is 2.89 bits per heavy atom. The third-order valence-corrected chi connectivity index (χ3v) is 4.44. The van der Waals surface area contributed by atoms with Crippen molar-refractivity contribution in [3.8, 4) is 0 Å². The summed E-state index contributed by atoms with van der Waals surface area (Å²) in [6.45, 7) is 2.20. The van der Waals surface area contributed by atoms with Gasteiger partial charge in [-0.15, -0.1) is 11.3 Å². The number of thiazole rings is 1. The Morgan fingerprint density at radius 1 is 1.39 bits per heavy atom. The Morgan fingerprint density at radius 2 is 2.22 bits per heavy atom. The molecule has 96 valence electrons. The van der Waals surface area contributed by atoms with Crippen LogP contribution in [0.1, 0.15) is 16.1 Å². The van der Waals surface area contributed by atoms with Crippen molar-refractivity contribution in [1.82, 2.24) is 9.71 Å². The molecule has 0 saturated carbocycles. The minimum atomic E-state index is -3.31. The van der Waals surface area contributed by atoms with E-state index in [-0.39, 0.29) is 12.3 Å². The fourth-order valence-electron chi connectivity index (χ4n) is 1.58. The average molecular weight is 282 g/mol. The topological polar surface area (TPSA) is 59.1 Å². The molecule has 1 N–H and O–H groups in total.